The van der Waals surface area contributed by atoms with Crippen LogP contribution in [0.15, 0.2) is 16.9 Å². The second-order valence-electron chi connectivity index (χ2n) is 5.40. The Morgan fingerprint density at radius 2 is 2.25 bits per heavy atom. The summed E-state index contributed by atoms with van der Waals surface area (Å²) in [5.74, 6) is 1.82. The monoisotopic (exact) mass is 273 g/mol. The Labute approximate surface area is 118 Å². The van der Waals surface area contributed by atoms with Gasteiger partial charge in [-0.05, 0) is 14.0 Å². The first-order valence-electron chi connectivity index (χ1n) is 6.78. The minimum Gasteiger partial charge on any atom is -0.361 e. The van der Waals surface area contributed by atoms with Gasteiger partial charge in [0.15, 0.2) is 0 Å². The van der Waals surface area contributed by atoms with E-state index in [4.69, 9.17) is 4.52 Å². The number of anilines is 1. The molecule has 6 nitrogen and oxygen atoms in total. The van der Waals surface area contributed by atoms with Crippen LogP contribution in [0.2, 0.25) is 0 Å². The standard InChI is InChI=1S/C14H19N5O/c1-10-6-11(17-20-10)7-19(3)14-12-8-18(2)5-4-13(12)15-9-16-14/h6,9H,4-5,7-8H2,1-3H3. The lowest BCUT2D eigenvalue weighted by Crippen LogP contribution is -2.30. The van der Waals surface area contributed by atoms with Gasteiger partial charge in [-0.3, -0.25) is 0 Å². The zero-order chi connectivity index (χ0) is 14.1. The number of aromatic nitrogens is 3. The minimum absolute atomic E-state index is 0.685. The van der Waals surface area contributed by atoms with Crippen molar-refractivity contribution in [1.82, 2.24) is 20.0 Å². The number of hydrogen-bond acceptors (Lipinski definition) is 6. The molecule has 0 fully saturated rings. The Balaban J connectivity index is 1.86. The van der Waals surface area contributed by atoms with E-state index in [1.807, 2.05) is 20.0 Å². The van der Waals surface area contributed by atoms with E-state index >= 15 is 0 Å². The van der Waals surface area contributed by atoms with Crippen molar-refractivity contribution in [2.45, 2.75) is 26.4 Å². The zero-order valence-corrected chi connectivity index (χ0v) is 12.1. The molecule has 0 unspecified atom stereocenters. The van der Waals surface area contributed by atoms with Crippen LogP contribution in [0.25, 0.3) is 0 Å². The minimum atomic E-state index is 0.685. The number of likely N-dealkylation sites (N-methyl/N-ethyl adjacent to an activating group) is 1. The maximum atomic E-state index is 5.11. The van der Waals surface area contributed by atoms with E-state index in [-0.39, 0.29) is 0 Å². The van der Waals surface area contributed by atoms with Crippen molar-refractivity contribution in [3.8, 4) is 0 Å². The molecule has 0 saturated heterocycles. The van der Waals surface area contributed by atoms with Gasteiger partial charge >= 0.3 is 0 Å². The fourth-order valence-electron chi connectivity index (χ4n) is 2.60. The van der Waals surface area contributed by atoms with Crippen LogP contribution in [-0.4, -0.2) is 40.7 Å². The molecule has 0 radical (unpaired) electrons. The number of hydrogen-bond donors (Lipinski definition) is 0. The van der Waals surface area contributed by atoms with Gasteiger partial charge in [0.25, 0.3) is 0 Å². The van der Waals surface area contributed by atoms with Gasteiger partial charge in [-0.2, -0.15) is 0 Å². The van der Waals surface area contributed by atoms with Gasteiger partial charge in [-0.15, -0.1) is 0 Å². The average Bonchev–Trinajstić information content (AvgIpc) is 2.83. The van der Waals surface area contributed by atoms with Gasteiger partial charge in [-0.1, -0.05) is 5.16 Å². The van der Waals surface area contributed by atoms with Crippen molar-refractivity contribution in [1.29, 1.82) is 0 Å². The van der Waals surface area contributed by atoms with Crippen LogP contribution in [0, 0.1) is 6.92 Å². The molecule has 2 aromatic heterocycles. The van der Waals surface area contributed by atoms with Gasteiger partial charge < -0.3 is 14.3 Å². The van der Waals surface area contributed by atoms with E-state index < -0.39 is 0 Å². The number of nitrogens with zero attached hydrogens (tertiary/aromatic N) is 5. The summed E-state index contributed by atoms with van der Waals surface area (Å²) in [6.45, 7) is 4.53. The first-order chi connectivity index (χ1) is 9.63. The third kappa shape index (κ3) is 2.51. The molecule has 6 heteroatoms. The average molecular weight is 273 g/mol. The molecular formula is C14H19N5O. The molecule has 0 atom stereocenters. The van der Waals surface area contributed by atoms with Crippen LogP contribution in [0.5, 0.6) is 0 Å². The van der Waals surface area contributed by atoms with Crippen LogP contribution in [0.4, 0.5) is 5.82 Å². The van der Waals surface area contributed by atoms with E-state index in [0.717, 1.165) is 42.5 Å². The molecule has 0 N–H and O–H groups in total. The lowest BCUT2D eigenvalue weighted by atomic mass is 10.1. The molecule has 0 amide bonds. The van der Waals surface area contributed by atoms with Gasteiger partial charge in [0.05, 0.1) is 12.2 Å². The first kappa shape index (κ1) is 13.1. The number of aryl methyl sites for hydroxylation is 1. The highest BCUT2D eigenvalue weighted by atomic mass is 16.5. The maximum absolute atomic E-state index is 5.11. The quantitative estimate of drug-likeness (QED) is 0.842. The molecule has 0 bridgehead atoms. The van der Waals surface area contributed by atoms with Gasteiger partial charge in [0, 0.05) is 38.2 Å². The fourth-order valence-corrected chi connectivity index (χ4v) is 2.60. The highest BCUT2D eigenvalue weighted by Crippen LogP contribution is 2.25. The lowest BCUT2D eigenvalue weighted by Gasteiger charge is -2.28. The second-order valence-corrected chi connectivity index (χ2v) is 5.40. The van der Waals surface area contributed by atoms with Gasteiger partial charge in [-0.25, -0.2) is 9.97 Å². The molecule has 0 aromatic carbocycles. The number of rotatable bonds is 3. The SMILES string of the molecule is Cc1cc(CN(C)c2ncnc3c2CN(C)CC3)no1. The van der Waals surface area contributed by atoms with Crippen LogP contribution >= 0.6 is 0 Å². The molecule has 1 aliphatic rings. The van der Waals surface area contributed by atoms with Crippen molar-refractivity contribution in [2.75, 3.05) is 25.5 Å². The third-order valence-corrected chi connectivity index (χ3v) is 3.61. The molecule has 106 valence electrons. The molecule has 2 aromatic rings. The van der Waals surface area contributed by atoms with Crippen molar-refractivity contribution in [3.05, 3.63) is 35.1 Å². The lowest BCUT2D eigenvalue weighted by molar-refractivity contribution is 0.309. The highest BCUT2D eigenvalue weighted by Gasteiger charge is 2.21. The zero-order valence-electron chi connectivity index (χ0n) is 12.1. The van der Waals surface area contributed by atoms with Crippen molar-refractivity contribution < 1.29 is 4.52 Å². The van der Waals surface area contributed by atoms with Crippen LogP contribution in [-0.2, 0) is 19.5 Å². The Morgan fingerprint density at radius 1 is 1.40 bits per heavy atom. The maximum Gasteiger partial charge on any atom is 0.136 e. The summed E-state index contributed by atoms with van der Waals surface area (Å²) < 4.78 is 5.11. The van der Waals surface area contributed by atoms with Crippen molar-refractivity contribution in [2.24, 2.45) is 0 Å². The summed E-state index contributed by atoms with van der Waals surface area (Å²) in [6.07, 6.45) is 2.64. The van der Waals surface area contributed by atoms with Crippen LogP contribution in [0.1, 0.15) is 22.7 Å². The Morgan fingerprint density at radius 3 is 3.00 bits per heavy atom. The van der Waals surface area contributed by atoms with E-state index in [1.54, 1.807) is 6.33 Å². The second kappa shape index (κ2) is 5.20. The normalized spacial score (nSPS) is 15.2. The summed E-state index contributed by atoms with van der Waals surface area (Å²) in [4.78, 5) is 13.3. The molecule has 20 heavy (non-hydrogen) atoms. The first-order valence-corrected chi connectivity index (χ1v) is 6.78. The summed E-state index contributed by atoms with van der Waals surface area (Å²) in [5.41, 5.74) is 3.31. The predicted molar refractivity (Wildman–Crippen MR) is 75.4 cm³/mol. The molecule has 1 aliphatic heterocycles. The molecule has 0 spiro atoms. The molecule has 3 heterocycles. The summed E-state index contributed by atoms with van der Waals surface area (Å²) in [6, 6.07) is 1.95. The topological polar surface area (TPSA) is 58.3 Å². The summed E-state index contributed by atoms with van der Waals surface area (Å²) in [7, 11) is 4.15. The van der Waals surface area contributed by atoms with E-state index in [0.29, 0.717) is 6.54 Å². The van der Waals surface area contributed by atoms with E-state index in [1.165, 1.54) is 5.56 Å². The smallest absolute Gasteiger partial charge is 0.136 e. The molecule has 0 saturated carbocycles. The Kier molecular flexibility index (Phi) is 3.40. The number of fused-ring (bicyclic) bond motifs is 1. The summed E-state index contributed by atoms with van der Waals surface area (Å²) in [5, 5.41) is 4.04. The van der Waals surface area contributed by atoms with E-state index in [2.05, 4.69) is 32.0 Å². The van der Waals surface area contributed by atoms with Gasteiger partial charge in [0.2, 0.25) is 0 Å². The van der Waals surface area contributed by atoms with Crippen molar-refractivity contribution in [3.63, 3.8) is 0 Å². The van der Waals surface area contributed by atoms with Crippen LogP contribution in [0.3, 0.4) is 0 Å². The van der Waals surface area contributed by atoms with Crippen molar-refractivity contribution >= 4 is 5.82 Å². The Bertz CT molecular complexity index is 609. The van der Waals surface area contributed by atoms with Crippen LogP contribution < -0.4 is 4.90 Å². The van der Waals surface area contributed by atoms with E-state index in [9.17, 15) is 0 Å². The molecule has 3 rings (SSSR count). The Hall–Kier alpha value is -1.95. The fraction of sp³-hybridized carbons (Fsp3) is 0.500. The third-order valence-electron chi connectivity index (χ3n) is 3.61. The highest BCUT2D eigenvalue weighted by molar-refractivity contribution is 5.49. The van der Waals surface area contributed by atoms with Gasteiger partial charge in [0.1, 0.15) is 23.6 Å². The molecular weight excluding hydrogens is 254 g/mol. The largest absolute Gasteiger partial charge is 0.361 e. The summed E-state index contributed by atoms with van der Waals surface area (Å²) >= 11 is 0. The predicted octanol–water partition coefficient (Wildman–Crippen LogP) is 1.40. The molecule has 0 aliphatic carbocycles.